The van der Waals surface area contributed by atoms with Crippen LogP contribution in [-0.4, -0.2) is 0 Å². The molecule has 0 bridgehead atoms. The summed E-state index contributed by atoms with van der Waals surface area (Å²) in [6.45, 7) is 2.05. The number of nitriles is 1. The van der Waals surface area contributed by atoms with E-state index in [1.54, 1.807) is 11.3 Å². The Balaban J connectivity index is 2.89. The van der Waals surface area contributed by atoms with E-state index in [1.807, 2.05) is 12.3 Å². The maximum Gasteiger partial charge on any atom is 0.101 e. The molecule has 0 N–H and O–H groups in total. The van der Waals surface area contributed by atoms with Crippen LogP contribution in [0.2, 0.25) is 0 Å². The molecule has 0 fully saturated rings. The molecule has 0 aliphatic carbocycles. The predicted octanol–water partition coefficient (Wildman–Crippen LogP) is 3.98. The highest BCUT2D eigenvalue weighted by Crippen LogP contribution is 2.32. The molecule has 0 aliphatic heterocycles. The number of nitrogens with zero attached hydrogens (tertiary/aromatic N) is 1. The zero-order valence-corrected chi connectivity index (χ0v) is 10.1. The highest BCUT2D eigenvalue weighted by Gasteiger charge is 2.09. The van der Waals surface area contributed by atoms with Crippen molar-refractivity contribution in [1.82, 2.24) is 0 Å². The van der Waals surface area contributed by atoms with E-state index in [2.05, 4.69) is 34.1 Å². The van der Waals surface area contributed by atoms with Gasteiger partial charge in [0.25, 0.3) is 0 Å². The second kappa shape index (κ2) is 3.72. The maximum absolute atomic E-state index is 8.96. The van der Waals surface area contributed by atoms with Crippen LogP contribution in [0.4, 0.5) is 0 Å². The summed E-state index contributed by atoms with van der Waals surface area (Å²) in [4.78, 5) is 0. The van der Waals surface area contributed by atoms with Gasteiger partial charge in [0.05, 0.1) is 5.56 Å². The van der Waals surface area contributed by atoms with E-state index in [9.17, 15) is 0 Å². The normalized spacial score (nSPS) is 10.4. The minimum Gasteiger partial charge on any atom is -0.192 e. The molecule has 1 aromatic heterocycles. The molecule has 0 amide bonds. The van der Waals surface area contributed by atoms with Crippen LogP contribution >= 0.6 is 27.3 Å². The Kier molecular flexibility index (Phi) is 2.58. The third kappa shape index (κ3) is 1.35. The quantitative estimate of drug-likeness (QED) is 0.716. The van der Waals surface area contributed by atoms with Crippen molar-refractivity contribution in [3.63, 3.8) is 0 Å². The number of aryl methyl sites for hydroxylation is 1. The molecule has 0 saturated heterocycles. The predicted molar refractivity (Wildman–Crippen MR) is 63.9 cm³/mol. The third-order valence-electron chi connectivity index (χ3n) is 2.28. The average Bonchev–Trinajstić information content (AvgIpc) is 2.63. The van der Waals surface area contributed by atoms with Gasteiger partial charge in [-0.3, -0.25) is 0 Å². The molecular weight excluding hydrogens is 258 g/mol. The Hall–Kier alpha value is -0.850. The lowest BCUT2D eigenvalue weighted by Gasteiger charge is -2.01. The fourth-order valence-electron chi connectivity index (χ4n) is 1.56. The summed E-state index contributed by atoms with van der Waals surface area (Å²) in [5.74, 6) is 0. The van der Waals surface area contributed by atoms with Crippen molar-refractivity contribution in [3.05, 3.63) is 34.2 Å². The van der Waals surface area contributed by atoms with E-state index < -0.39 is 0 Å². The van der Waals surface area contributed by atoms with E-state index in [4.69, 9.17) is 5.26 Å². The zero-order chi connectivity index (χ0) is 10.1. The summed E-state index contributed by atoms with van der Waals surface area (Å²) < 4.78 is 1.23. The van der Waals surface area contributed by atoms with Gasteiger partial charge in [0, 0.05) is 20.8 Å². The highest BCUT2D eigenvalue weighted by atomic mass is 79.9. The molecule has 70 valence electrons. The molecule has 0 saturated carbocycles. The van der Waals surface area contributed by atoms with Gasteiger partial charge in [0.15, 0.2) is 0 Å². The molecule has 0 atom stereocenters. The summed E-state index contributed by atoms with van der Waals surface area (Å²) in [5.41, 5.74) is 3.24. The van der Waals surface area contributed by atoms with Gasteiger partial charge in [-0.05, 0) is 18.1 Å². The van der Waals surface area contributed by atoms with E-state index in [-0.39, 0.29) is 0 Å². The molecule has 0 unspecified atom stereocenters. The van der Waals surface area contributed by atoms with Crippen LogP contribution in [0.1, 0.15) is 16.7 Å². The summed E-state index contributed by atoms with van der Waals surface area (Å²) in [6, 6.07) is 6.43. The second-order valence-corrected chi connectivity index (χ2v) is 4.58. The van der Waals surface area contributed by atoms with Crippen LogP contribution in [0.5, 0.6) is 0 Å². The Bertz CT molecular complexity index is 522. The van der Waals surface area contributed by atoms with Crippen molar-refractivity contribution in [1.29, 1.82) is 5.26 Å². The minimum atomic E-state index is 0.797. The first-order chi connectivity index (χ1) is 6.77. The standard InChI is InChI=1S/C11H8BrNS/c1-7-2-3-8(4-12)11-10(7)9(5-13)6-14-11/h2-3,6H,4H2,1H3. The van der Waals surface area contributed by atoms with E-state index in [0.29, 0.717) is 0 Å². The zero-order valence-electron chi connectivity index (χ0n) is 7.67. The lowest BCUT2D eigenvalue weighted by molar-refractivity contribution is 1.45. The van der Waals surface area contributed by atoms with Crippen molar-refractivity contribution < 1.29 is 0 Å². The molecular formula is C11H8BrNS. The number of halogens is 1. The van der Waals surface area contributed by atoms with Crippen molar-refractivity contribution in [2.75, 3.05) is 0 Å². The van der Waals surface area contributed by atoms with Crippen molar-refractivity contribution in [2.45, 2.75) is 12.3 Å². The average molecular weight is 266 g/mol. The van der Waals surface area contributed by atoms with Crippen LogP contribution in [0, 0.1) is 18.3 Å². The molecule has 1 aromatic carbocycles. The number of hydrogen-bond donors (Lipinski definition) is 0. The Morgan fingerprint density at radius 1 is 1.50 bits per heavy atom. The summed E-state index contributed by atoms with van der Waals surface area (Å²) in [5, 5.41) is 12.9. The van der Waals surface area contributed by atoms with Crippen molar-refractivity contribution in [3.8, 4) is 6.07 Å². The lowest BCUT2D eigenvalue weighted by atomic mass is 10.1. The van der Waals surface area contributed by atoms with E-state index in [0.717, 1.165) is 16.3 Å². The number of hydrogen-bond acceptors (Lipinski definition) is 2. The minimum absolute atomic E-state index is 0.797. The van der Waals surface area contributed by atoms with E-state index in [1.165, 1.54) is 15.8 Å². The molecule has 1 nitrogen and oxygen atoms in total. The van der Waals surface area contributed by atoms with Gasteiger partial charge in [-0.15, -0.1) is 11.3 Å². The maximum atomic E-state index is 8.96. The number of thiophene rings is 1. The lowest BCUT2D eigenvalue weighted by Crippen LogP contribution is -1.82. The number of alkyl halides is 1. The number of rotatable bonds is 1. The van der Waals surface area contributed by atoms with Gasteiger partial charge in [-0.1, -0.05) is 28.1 Å². The SMILES string of the molecule is Cc1ccc(CBr)c2scc(C#N)c12. The van der Waals surface area contributed by atoms with Crippen molar-refractivity contribution in [2.24, 2.45) is 0 Å². The summed E-state index contributed by atoms with van der Waals surface area (Å²) >= 11 is 5.11. The van der Waals surface area contributed by atoms with Crippen LogP contribution < -0.4 is 0 Å². The van der Waals surface area contributed by atoms with Gasteiger partial charge >= 0.3 is 0 Å². The summed E-state index contributed by atoms with van der Waals surface area (Å²) in [7, 11) is 0. The fourth-order valence-corrected chi connectivity index (χ4v) is 3.30. The van der Waals surface area contributed by atoms with Crippen LogP contribution in [0.25, 0.3) is 10.1 Å². The van der Waals surface area contributed by atoms with Crippen LogP contribution in [-0.2, 0) is 5.33 Å². The monoisotopic (exact) mass is 265 g/mol. The van der Waals surface area contributed by atoms with Gasteiger partial charge in [0.2, 0.25) is 0 Å². The topological polar surface area (TPSA) is 23.8 Å². The largest absolute Gasteiger partial charge is 0.192 e. The second-order valence-electron chi connectivity index (χ2n) is 3.14. The molecule has 14 heavy (non-hydrogen) atoms. The molecule has 2 rings (SSSR count). The molecule has 0 aliphatic rings. The molecule has 1 heterocycles. The van der Waals surface area contributed by atoms with E-state index >= 15 is 0 Å². The van der Waals surface area contributed by atoms with Gasteiger partial charge in [-0.2, -0.15) is 5.26 Å². The first-order valence-corrected chi connectivity index (χ1v) is 6.23. The van der Waals surface area contributed by atoms with Gasteiger partial charge in [-0.25, -0.2) is 0 Å². The van der Waals surface area contributed by atoms with Crippen LogP contribution in [0.3, 0.4) is 0 Å². The highest BCUT2D eigenvalue weighted by molar-refractivity contribution is 9.08. The molecule has 3 heteroatoms. The first-order valence-electron chi connectivity index (χ1n) is 4.23. The Morgan fingerprint density at radius 3 is 2.93 bits per heavy atom. The summed E-state index contributed by atoms with van der Waals surface area (Å²) in [6.07, 6.45) is 0. The Morgan fingerprint density at radius 2 is 2.29 bits per heavy atom. The molecule has 2 aromatic rings. The van der Waals surface area contributed by atoms with Crippen LogP contribution in [0.15, 0.2) is 17.5 Å². The smallest absolute Gasteiger partial charge is 0.101 e. The molecule has 0 spiro atoms. The molecule has 0 radical (unpaired) electrons. The number of benzene rings is 1. The van der Waals surface area contributed by atoms with Gasteiger partial charge < -0.3 is 0 Å². The fraction of sp³-hybridized carbons (Fsp3) is 0.182. The Labute approximate surface area is 95.1 Å². The first kappa shape index (κ1) is 9.70. The third-order valence-corrected chi connectivity index (χ3v) is 3.94. The van der Waals surface area contributed by atoms with Gasteiger partial charge in [0.1, 0.15) is 6.07 Å². The van der Waals surface area contributed by atoms with Crippen molar-refractivity contribution >= 4 is 37.4 Å². The number of fused-ring (bicyclic) bond motifs is 1.